The van der Waals surface area contributed by atoms with Gasteiger partial charge in [-0.2, -0.15) is 0 Å². The number of hydrogen-bond acceptors (Lipinski definition) is 3. The zero-order valence-corrected chi connectivity index (χ0v) is 17.3. The average Bonchev–Trinajstić information content (AvgIpc) is 2.75. The van der Waals surface area contributed by atoms with Gasteiger partial charge in [0.25, 0.3) is 0 Å². The van der Waals surface area contributed by atoms with Gasteiger partial charge in [-0.3, -0.25) is 9.59 Å². The van der Waals surface area contributed by atoms with Gasteiger partial charge in [-0.25, -0.2) is 4.39 Å². The summed E-state index contributed by atoms with van der Waals surface area (Å²) in [6.45, 7) is 8.18. The van der Waals surface area contributed by atoms with Crippen LogP contribution < -0.4 is 9.80 Å². The van der Waals surface area contributed by atoms with E-state index in [1.807, 2.05) is 37.3 Å². The summed E-state index contributed by atoms with van der Waals surface area (Å²) >= 11 is 0. The molecule has 0 radical (unpaired) electrons. The number of rotatable bonds is 5. The van der Waals surface area contributed by atoms with E-state index in [2.05, 4.69) is 4.90 Å². The Hall–Kier alpha value is -2.89. The molecule has 0 bridgehead atoms. The van der Waals surface area contributed by atoms with E-state index in [4.69, 9.17) is 0 Å². The van der Waals surface area contributed by atoms with E-state index < -0.39 is 5.41 Å². The van der Waals surface area contributed by atoms with Crippen LogP contribution in [0.5, 0.6) is 0 Å². The summed E-state index contributed by atoms with van der Waals surface area (Å²) in [4.78, 5) is 32.0. The first-order chi connectivity index (χ1) is 13.8. The van der Waals surface area contributed by atoms with Gasteiger partial charge in [0.05, 0.1) is 0 Å². The van der Waals surface area contributed by atoms with E-state index in [1.165, 1.54) is 12.1 Å². The SMILES string of the molecule is CCN(C(=O)C(C)(C)C(=O)N1CCN(c2ccc(F)cc2)CC1)c1ccccc1. The van der Waals surface area contributed by atoms with Crippen molar-refractivity contribution in [3.8, 4) is 0 Å². The Morgan fingerprint density at radius 1 is 0.966 bits per heavy atom. The van der Waals surface area contributed by atoms with Crippen molar-refractivity contribution in [2.24, 2.45) is 5.41 Å². The predicted octanol–water partition coefficient (Wildman–Crippen LogP) is 3.55. The maximum atomic E-state index is 13.2. The van der Waals surface area contributed by atoms with Gasteiger partial charge < -0.3 is 14.7 Å². The molecule has 3 rings (SSSR count). The number of carbonyl (C=O) groups is 2. The van der Waals surface area contributed by atoms with Crippen LogP contribution in [0.25, 0.3) is 0 Å². The molecular weight excluding hydrogens is 369 g/mol. The molecule has 0 spiro atoms. The lowest BCUT2D eigenvalue weighted by atomic mass is 9.89. The largest absolute Gasteiger partial charge is 0.368 e. The normalized spacial score (nSPS) is 14.6. The summed E-state index contributed by atoms with van der Waals surface area (Å²) < 4.78 is 13.1. The van der Waals surface area contributed by atoms with Gasteiger partial charge in [-0.05, 0) is 57.2 Å². The van der Waals surface area contributed by atoms with Crippen LogP contribution in [0.4, 0.5) is 15.8 Å². The lowest BCUT2D eigenvalue weighted by Crippen LogP contribution is -2.56. The molecule has 0 N–H and O–H groups in total. The highest BCUT2D eigenvalue weighted by atomic mass is 19.1. The van der Waals surface area contributed by atoms with Crippen LogP contribution in [0.2, 0.25) is 0 Å². The molecule has 29 heavy (non-hydrogen) atoms. The van der Waals surface area contributed by atoms with Gasteiger partial charge in [0, 0.05) is 44.1 Å². The number of carbonyl (C=O) groups excluding carboxylic acids is 2. The summed E-state index contributed by atoms with van der Waals surface area (Å²) in [5.74, 6) is -0.616. The Morgan fingerprint density at radius 2 is 1.55 bits per heavy atom. The number of para-hydroxylation sites is 1. The number of benzene rings is 2. The Bertz CT molecular complexity index is 844. The fourth-order valence-corrected chi connectivity index (χ4v) is 3.70. The van der Waals surface area contributed by atoms with Crippen LogP contribution in [0.1, 0.15) is 20.8 Å². The number of anilines is 2. The Balaban J connectivity index is 1.67. The summed E-state index contributed by atoms with van der Waals surface area (Å²) in [7, 11) is 0. The van der Waals surface area contributed by atoms with Crippen LogP contribution >= 0.6 is 0 Å². The molecule has 1 aliphatic heterocycles. The minimum atomic E-state index is -1.15. The smallest absolute Gasteiger partial charge is 0.242 e. The molecule has 1 fully saturated rings. The Kier molecular flexibility index (Phi) is 6.20. The quantitative estimate of drug-likeness (QED) is 0.725. The molecule has 2 aromatic rings. The van der Waals surface area contributed by atoms with Crippen molar-refractivity contribution in [1.29, 1.82) is 0 Å². The summed E-state index contributed by atoms with van der Waals surface area (Å²) in [6, 6.07) is 15.8. The molecule has 2 amide bonds. The van der Waals surface area contributed by atoms with Gasteiger partial charge in [0.1, 0.15) is 11.2 Å². The van der Waals surface area contributed by atoms with Gasteiger partial charge in [0.2, 0.25) is 11.8 Å². The molecule has 6 heteroatoms. The molecule has 1 heterocycles. The molecule has 0 aromatic heterocycles. The first-order valence-corrected chi connectivity index (χ1v) is 10.0. The van der Waals surface area contributed by atoms with Crippen molar-refractivity contribution >= 4 is 23.2 Å². The van der Waals surface area contributed by atoms with Crippen LogP contribution in [-0.4, -0.2) is 49.4 Å². The number of hydrogen-bond donors (Lipinski definition) is 0. The van der Waals surface area contributed by atoms with Crippen LogP contribution in [0.15, 0.2) is 54.6 Å². The molecule has 5 nitrogen and oxygen atoms in total. The van der Waals surface area contributed by atoms with Crippen molar-refractivity contribution in [3.63, 3.8) is 0 Å². The first-order valence-electron chi connectivity index (χ1n) is 10.0. The lowest BCUT2D eigenvalue weighted by molar-refractivity contribution is -0.147. The average molecular weight is 397 g/mol. The highest BCUT2D eigenvalue weighted by molar-refractivity contribution is 6.11. The fourth-order valence-electron chi connectivity index (χ4n) is 3.70. The number of amides is 2. The molecular formula is C23H28FN3O2. The van der Waals surface area contributed by atoms with Crippen molar-refractivity contribution in [2.45, 2.75) is 20.8 Å². The van der Waals surface area contributed by atoms with Gasteiger partial charge in [-0.1, -0.05) is 18.2 Å². The van der Waals surface area contributed by atoms with Gasteiger partial charge >= 0.3 is 0 Å². The molecule has 1 saturated heterocycles. The summed E-state index contributed by atoms with van der Waals surface area (Å²) in [5.41, 5.74) is 0.584. The molecule has 0 atom stereocenters. The van der Waals surface area contributed by atoms with Crippen LogP contribution in [0, 0.1) is 11.2 Å². The third-order valence-corrected chi connectivity index (χ3v) is 5.46. The number of halogens is 1. The zero-order chi connectivity index (χ0) is 21.0. The summed E-state index contributed by atoms with van der Waals surface area (Å²) in [6.07, 6.45) is 0. The zero-order valence-electron chi connectivity index (χ0n) is 17.3. The van der Waals surface area contributed by atoms with E-state index in [0.29, 0.717) is 32.7 Å². The minimum absolute atomic E-state index is 0.157. The standard InChI is InChI=1S/C23H28FN3O2/c1-4-27(20-8-6-5-7-9-20)22(29)23(2,3)21(28)26-16-14-25(15-17-26)19-12-10-18(24)11-13-19/h5-13H,4,14-17H2,1-3H3. The number of piperazine rings is 1. The predicted molar refractivity (Wildman–Crippen MR) is 113 cm³/mol. The van der Waals surface area contributed by atoms with Crippen molar-refractivity contribution in [3.05, 3.63) is 60.4 Å². The van der Waals surface area contributed by atoms with E-state index in [0.717, 1.165) is 11.4 Å². The van der Waals surface area contributed by atoms with Crippen LogP contribution in [-0.2, 0) is 9.59 Å². The molecule has 2 aromatic carbocycles. The Morgan fingerprint density at radius 3 is 2.10 bits per heavy atom. The maximum Gasteiger partial charge on any atom is 0.242 e. The van der Waals surface area contributed by atoms with Crippen molar-refractivity contribution in [1.82, 2.24) is 4.90 Å². The molecule has 0 aliphatic carbocycles. The second-order valence-corrected chi connectivity index (χ2v) is 7.77. The van der Waals surface area contributed by atoms with Gasteiger partial charge in [0.15, 0.2) is 0 Å². The second-order valence-electron chi connectivity index (χ2n) is 7.77. The molecule has 154 valence electrons. The van der Waals surface area contributed by atoms with E-state index in [1.54, 1.807) is 35.8 Å². The van der Waals surface area contributed by atoms with Crippen molar-refractivity contribution < 1.29 is 14.0 Å². The first kappa shape index (κ1) is 20.8. The third kappa shape index (κ3) is 4.42. The van der Waals surface area contributed by atoms with Gasteiger partial charge in [-0.15, -0.1) is 0 Å². The molecule has 0 saturated carbocycles. The fraction of sp³-hybridized carbons (Fsp3) is 0.391. The monoisotopic (exact) mass is 397 g/mol. The lowest BCUT2D eigenvalue weighted by Gasteiger charge is -2.40. The highest BCUT2D eigenvalue weighted by Gasteiger charge is 2.42. The second kappa shape index (κ2) is 8.64. The van der Waals surface area contributed by atoms with Crippen molar-refractivity contribution in [2.75, 3.05) is 42.5 Å². The summed E-state index contributed by atoms with van der Waals surface area (Å²) in [5, 5.41) is 0. The maximum absolute atomic E-state index is 13.2. The highest BCUT2D eigenvalue weighted by Crippen LogP contribution is 2.27. The number of nitrogens with zero attached hydrogens (tertiary/aromatic N) is 3. The van der Waals surface area contributed by atoms with Crippen LogP contribution in [0.3, 0.4) is 0 Å². The van der Waals surface area contributed by atoms with E-state index in [-0.39, 0.29) is 17.6 Å². The third-order valence-electron chi connectivity index (χ3n) is 5.46. The Labute approximate surface area is 171 Å². The van der Waals surface area contributed by atoms with E-state index in [9.17, 15) is 14.0 Å². The van der Waals surface area contributed by atoms with E-state index >= 15 is 0 Å². The minimum Gasteiger partial charge on any atom is -0.368 e. The molecule has 0 unspecified atom stereocenters. The molecule has 1 aliphatic rings. The topological polar surface area (TPSA) is 43.9 Å².